The lowest BCUT2D eigenvalue weighted by Crippen LogP contribution is -2.38. The molecule has 2 aromatic carbocycles. The molecule has 9 nitrogen and oxygen atoms in total. The maximum absolute atomic E-state index is 13.1. The van der Waals surface area contributed by atoms with Gasteiger partial charge in [-0.15, -0.1) is 0 Å². The van der Waals surface area contributed by atoms with E-state index in [1.165, 1.54) is 40.4 Å². The highest BCUT2D eigenvalue weighted by atomic mass is 16.5. The van der Waals surface area contributed by atoms with Crippen LogP contribution in [0.1, 0.15) is 11.5 Å². The molecular formula is C25H25NO8. The van der Waals surface area contributed by atoms with Gasteiger partial charge < -0.3 is 23.7 Å². The largest absolute Gasteiger partial charge is 0.497 e. The summed E-state index contributed by atoms with van der Waals surface area (Å²) < 4.78 is 25.5. The standard InChI is InChI=1S/C25H25NO8/c1-30-17-10-6-15(7-11-17)19-14-20(23(27)32-3)26(16-8-12-18(31-2)13-9-16)22(25(29)34-5)21(19)24(28)33-4/h6-14,19H,1-5H3. The molecule has 0 amide bonds. The van der Waals surface area contributed by atoms with Gasteiger partial charge in [0.1, 0.15) is 22.9 Å². The van der Waals surface area contributed by atoms with Crippen molar-refractivity contribution in [1.29, 1.82) is 0 Å². The molecule has 0 saturated carbocycles. The summed E-state index contributed by atoms with van der Waals surface area (Å²) in [6, 6.07) is 13.5. The maximum atomic E-state index is 13.1. The van der Waals surface area contributed by atoms with Crippen molar-refractivity contribution in [1.82, 2.24) is 0 Å². The number of benzene rings is 2. The first-order chi connectivity index (χ1) is 16.4. The number of esters is 3. The molecule has 0 aliphatic carbocycles. The zero-order valence-electron chi connectivity index (χ0n) is 19.5. The Morgan fingerprint density at radius 3 is 1.65 bits per heavy atom. The minimum atomic E-state index is -0.829. The van der Waals surface area contributed by atoms with Crippen molar-refractivity contribution >= 4 is 23.6 Å². The normalized spacial score (nSPS) is 15.3. The number of methoxy groups -OCH3 is 5. The van der Waals surface area contributed by atoms with Crippen LogP contribution in [0.3, 0.4) is 0 Å². The zero-order valence-corrected chi connectivity index (χ0v) is 19.5. The summed E-state index contributed by atoms with van der Waals surface area (Å²) in [5.41, 5.74) is 0.901. The van der Waals surface area contributed by atoms with E-state index in [9.17, 15) is 14.4 Å². The third kappa shape index (κ3) is 4.59. The van der Waals surface area contributed by atoms with Crippen molar-refractivity contribution in [2.24, 2.45) is 0 Å². The number of hydrogen-bond acceptors (Lipinski definition) is 9. The van der Waals surface area contributed by atoms with Crippen molar-refractivity contribution in [2.45, 2.75) is 5.92 Å². The van der Waals surface area contributed by atoms with Gasteiger partial charge in [-0.2, -0.15) is 0 Å². The molecule has 0 N–H and O–H groups in total. The van der Waals surface area contributed by atoms with Crippen molar-refractivity contribution in [2.75, 3.05) is 40.4 Å². The van der Waals surface area contributed by atoms with Gasteiger partial charge in [0, 0.05) is 11.6 Å². The van der Waals surface area contributed by atoms with E-state index in [1.54, 1.807) is 54.6 Å². The molecular weight excluding hydrogens is 442 g/mol. The fourth-order valence-corrected chi connectivity index (χ4v) is 3.67. The Kier molecular flexibility index (Phi) is 7.57. The highest BCUT2D eigenvalue weighted by molar-refractivity contribution is 6.09. The van der Waals surface area contributed by atoms with Crippen LogP contribution >= 0.6 is 0 Å². The Balaban J connectivity index is 2.33. The predicted octanol–water partition coefficient (Wildman–Crippen LogP) is 2.96. The second kappa shape index (κ2) is 10.6. The van der Waals surface area contributed by atoms with E-state index in [-0.39, 0.29) is 17.0 Å². The van der Waals surface area contributed by atoms with Crippen molar-refractivity contribution in [3.8, 4) is 11.5 Å². The Hall–Kier alpha value is -4.27. The molecule has 1 unspecified atom stereocenters. The first kappa shape index (κ1) is 24.4. The van der Waals surface area contributed by atoms with Crippen LogP contribution in [0.2, 0.25) is 0 Å². The second-order valence-corrected chi connectivity index (χ2v) is 7.07. The van der Waals surface area contributed by atoms with Crippen LogP contribution in [0.15, 0.2) is 71.6 Å². The van der Waals surface area contributed by atoms with Gasteiger partial charge in [-0.3, -0.25) is 4.90 Å². The fraction of sp³-hybridized carbons (Fsp3) is 0.240. The lowest BCUT2D eigenvalue weighted by molar-refractivity contribution is -0.140. The smallest absolute Gasteiger partial charge is 0.355 e. The number of hydrogen-bond donors (Lipinski definition) is 0. The zero-order chi connectivity index (χ0) is 24.8. The molecule has 2 aromatic rings. The minimum absolute atomic E-state index is 0.00277. The van der Waals surface area contributed by atoms with Crippen LogP contribution in [0.25, 0.3) is 0 Å². The molecule has 1 aliphatic heterocycles. The number of carbonyl (C=O) groups excluding carboxylic acids is 3. The summed E-state index contributed by atoms with van der Waals surface area (Å²) >= 11 is 0. The average molecular weight is 467 g/mol. The summed E-state index contributed by atoms with van der Waals surface area (Å²) in [5, 5.41) is 0. The fourth-order valence-electron chi connectivity index (χ4n) is 3.67. The van der Waals surface area contributed by atoms with Crippen molar-refractivity contribution in [3.05, 3.63) is 77.1 Å². The van der Waals surface area contributed by atoms with Crippen LogP contribution in [-0.4, -0.2) is 53.5 Å². The van der Waals surface area contributed by atoms with Crippen molar-refractivity contribution < 1.29 is 38.1 Å². The van der Waals surface area contributed by atoms with E-state index in [0.29, 0.717) is 22.7 Å². The molecule has 34 heavy (non-hydrogen) atoms. The highest BCUT2D eigenvalue weighted by Gasteiger charge is 2.41. The molecule has 1 aliphatic rings. The summed E-state index contributed by atoms with van der Waals surface area (Å²) in [4.78, 5) is 40.3. The number of rotatable bonds is 7. The molecule has 0 spiro atoms. The van der Waals surface area contributed by atoms with E-state index in [1.807, 2.05) is 0 Å². The Morgan fingerprint density at radius 1 is 0.676 bits per heavy atom. The molecule has 0 bridgehead atoms. The number of carbonyl (C=O) groups is 3. The van der Waals surface area contributed by atoms with Crippen LogP contribution in [0.4, 0.5) is 5.69 Å². The molecule has 0 aromatic heterocycles. The lowest BCUT2D eigenvalue weighted by Gasteiger charge is -2.34. The van der Waals surface area contributed by atoms with E-state index in [4.69, 9.17) is 23.7 Å². The predicted molar refractivity (Wildman–Crippen MR) is 122 cm³/mol. The Morgan fingerprint density at radius 2 is 1.18 bits per heavy atom. The molecule has 3 rings (SSSR count). The molecule has 0 radical (unpaired) electrons. The second-order valence-electron chi connectivity index (χ2n) is 7.07. The molecule has 0 saturated heterocycles. The Labute approximate surface area is 197 Å². The molecule has 178 valence electrons. The van der Waals surface area contributed by atoms with Crippen LogP contribution in [-0.2, 0) is 28.6 Å². The van der Waals surface area contributed by atoms with Crippen LogP contribution in [0.5, 0.6) is 11.5 Å². The van der Waals surface area contributed by atoms with Gasteiger partial charge in [0.05, 0.1) is 41.1 Å². The average Bonchev–Trinajstić information content (AvgIpc) is 2.90. The number of anilines is 1. The number of nitrogens with zero attached hydrogens (tertiary/aromatic N) is 1. The first-order valence-corrected chi connectivity index (χ1v) is 10.2. The summed E-state index contributed by atoms with van der Waals surface area (Å²) in [5.74, 6) is -1.93. The molecule has 0 fully saturated rings. The molecule has 1 atom stereocenters. The monoisotopic (exact) mass is 467 g/mol. The summed E-state index contributed by atoms with van der Waals surface area (Å²) in [6.07, 6.45) is 1.55. The number of ether oxygens (including phenoxy) is 5. The number of allylic oxidation sites excluding steroid dienone is 1. The third-order valence-corrected chi connectivity index (χ3v) is 5.34. The van der Waals surface area contributed by atoms with E-state index < -0.39 is 23.8 Å². The SMILES string of the molecule is COC(=O)C1=CC(c2ccc(OC)cc2)C(C(=O)OC)=C(C(=O)OC)N1c1ccc(OC)cc1. The lowest BCUT2D eigenvalue weighted by atomic mass is 9.85. The van der Waals surface area contributed by atoms with Gasteiger partial charge in [-0.05, 0) is 48.0 Å². The van der Waals surface area contributed by atoms with Gasteiger partial charge in [0.25, 0.3) is 0 Å². The van der Waals surface area contributed by atoms with Crippen LogP contribution in [0, 0.1) is 0 Å². The van der Waals surface area contributed by atoms with E-state index in [0.717, 1.165) is 0 Å². The highest BCUT2D eigenvalue weighted by Crippen LogP contribution is 2.41. The summed E-state index contributed by atoms with van der Waals surface area (Å²) in [6.45, 7) is 0. The van der Waals surface area contributed by atoms with Gasteiger partial charge in [-0.1, -0.05) is 12.1 Å². The summed E-state index contributed by atoms with van der Waals surface area (Å²) in [7, 11) is 6.69. The molecule has 1 heterocycles. The molecule has 9 heteroatoms. The van der Waals surface area contributed by atoms with Gasteiger partial charge in [-0.25, -0.2) is 14.4 Å². The van der Waals surface area contributed by atoms with E-state index >= 15 is 0 Å². The first-order valence-electron chi connectivity index (χ1n) is 10.2. The van der Waals surface area contributed by atoms with Gasteiger partial charge in [0.15, 0.2) is 0 Å². The Bertz CT molecular complexity index is 1130. The van der Waals surface area contributed by atoms with E-state index in [2.05, 4.69) is 0 Å². The maximum Gasteiger partial charge on any atom is 0.355 e. The third-order valence-electron chi connectivity index (χ3n) is 5.34. The quantitative estimate of drug-likeness (QED) is 0.449. The minimum Gasteiger partial charge on any atom is -0.497 e. The van der Waals surface area contributed by atoms with Crippen molar-refractivity contribution in [3.63, 3.8) is 0 Å². The topological polar surface area (TPSA) is 101 Å². The van der Waals surface area contributed by atoms with Gasteiger partial charge in [0.2, 0.25) is 0 Å². The van der Waals surface area contributed by atoms with Gasteiger partial charge >= 0.3 is 17.9 Å². The van der Waals surface area contributed by atoms with Crippen LogP contribution < -0.4 is 14.4 Å².